The number of nitrogens with zero attached hydrogens (tertiary/aromatic N) is 2. The van der Waals surface area contributed by atoms with Gasteiger partial charge < -0.3 is 20.3 Å². The van der Waals surface area contributed by atoms with E-state index in [2.05, 4.69) is 5.92 Å². The number of fused-ring (bicyclic) bond motifs is 2. The molecule has 0 fully saturated rings. The van der Waals surface area contributed by atoms with Crippen LogP contribution in [0.4, 0.5) is 0 Å². The highest BCUT2D eigenvalue weighted by Crippen LogP contribution is 2.25. The van der Waals surface area contributed by atoms with Crippen molar-refractivity contribution >= 4 is 22.1 Å². The number of hydrogen-bond acceptors (Lipinski definition) is 4. The van der Waals surface area contributed by atoms with Gasteiger partial charge >= 0.3 is 11.0 Å². The van der Waals surface area contributed by atoms with Crippen LogP contribution in [0.2, 0.25) is 0 Å². The van der Waals surface area contributed by atoms with Gasteiger partial charge in [0.25, 0.3) is 11.0 Å². The van der Waals surface area contributed by atoms with Crippen LogP contribution in [0.3, 0.4) is 0 Å². The van der Waals surface area contributed by atoms with Crippen molar-refractivity contribution in [2.75, 3.05) is 6.61 Å². The largest absolute Gasteiger partial charge is 0.617 e. The Balaban J connectivity index is 2.47. The first-order valence-electron chi connectivity index (χ1n) is 6.11. The van der Waals surface area contributed by atoms with Crippen molar-refractivity contribution in [1.82, 2.24) is 0 Å². The van der Waals surface area contributed by atoms with Crippen molar-refractivity contribution in [3.8, 4) is 23.8 Å². The monoisotopic (exact) mass is 282 g/mol. The zero-order valence-electron chi connectivity index (χ0n) is 10.8. The smallest absolute Gasteiger partial charge is 0.332 e. The van der Waals surface area contributed by atoms with Crippen molar-refractivity contribution in [2.45, 2.75) is 0 Å². The average Bonchev–Trinajstić information content (AvgIpc) is 2.50. The number of ether oxygens (including phenoxy) is 1. The molecule has 21 heavy (non-hydrogen) atoms. The summed E-state index contributed by atoms with van der Waals surface area (Å²) < 4.78 is 6.38. The van der Waals surface area contributed by atoms with Crippen molar-refractivity contribution in [1.29, 1.82) is 0 Å². The number of aromatic nitrogens is 2. The van der Waals surface area contributed by atoms with Gasteiger partial charge in [-0.15, -0.1) is 6.42 Å². The van der Waals surface area contributed by atoms with Crippen molar-refractivity contribution < 1.29 is 19.3 Å². The summed E-state index contributed by atoms with van der Waals surface area (Å²) in [6.07, 6.45) is 5.14. The minimum absolute atomic E-state index is 0.0178. The van der Waals surface area contributed by atoms with E-state index in [0.29, 0.717) is 9.46 Å². The fraction of sp³-hybridized carbons (Fsp3) is 0.0667. The summed E-state index contributed by atoms with van der Waals surface area (Å²) in [6, 6.07) is 8.90. The molecule has 1 aromatic heterocycles. The molecule has 0 atom stereocenters. The van der Waals surface area contributed by atoms with E-state index in [1.165, 1.54) is 24.3 Å². The number of phenols is 1. The van der Waals surface area contributed by atoms with E-state index in [1.807, 2.05) is 0 Å². The normalized spacial score (nSPS) is 10.6. The number of terminal acetylenes is 1. The average molecular weight is 282 g/mol. The Morgan fingerprint density at radius 1 is 1.05 bits per heavy atom. The predicted octanol–water partition coefficient (Wildman–Crippen LogP) is 0.977. The van der Waals surface area contributed by atoms with Crippen LogP contribution in [-0.4, -0.2) is 11.7 Å². The van der Waals surface area contributed by atoms with Crippen LogP contribution in [0.15, 0.2) is 36.4 Å². The van der Waals surface area contributed by atoms with Crippen molar-refractivity contribution in [2.24, 2.45) is 0 Å². The molecule has 1 heterocycles. The third kappa shape index (κ3) is 1.83. The SMILES string of the molecule is C#CCOc1cccc2c1[n+]([O-])c1cccc(O)c1[n+]2[O-]. The highest BCUT2D eigenvalue weighted by molar-refractivity contribution is 5.83. The number of para-hydroxylation sites is 2. The van der Waals surface area contributed by atoms with Crippen LogP contribution in [0, 0.1) is 22.8 Å². The lowest BCUT2D eigenvalue weighted by atomic mass is 10.2. The summed E-state index contributed by atoms with van der Waals surface area (Å²) in [7, 11) is 0. The highest BCUT2D eigenvalue weighted by atomic mass is 16.5. The zero-order valence-corrected chi connectivity index (χ0v) is 10.8. The van der Waals surface area contributed by atoms with E-state index in [1.54, 1.807) is 12.1 Å². The van der Waals surface area contributed by atoms with E-state index in [-0.39, 0.29) is 40.2 Å². The number of benzene rings is 2. The summed E-state index contributed by atoms with van der Waals surface area (Å²) in [4.78, 5) is 0. The Morgan fingerprint density at radius 2 is 1.67 bits per heavy atom. The molecule has 0 aliphatic rings. The summed E-state index contributed by atoms with van der Waals surface area (Å²) in [6.45, 7) is -0.0178. The maximum atomic E-state index is 12.5. The molecule has 0 bridgehead atoms. The van der Waals surface area contributed by atoms with Gasteiger partial charge in [0.2, 0.25) is 5.75 Å². The van der Waals surface area contributed by atoms with Gasteiger partial charge in [0, 0.05) is 12.1 Å². The minimum Gasteiger partial charge on any atom is -0.617 e. The van der Waals surface area contributed by atoms with Crippen LogP contribution in [0.5, 0.6) is 11.5 Å². The van der Waals surface area contributed by atoms with Gasteiger partial charge in [0.1, 0.15) is 6.61 Å². The van der Waals surface area contributed by atoms with Gasteiger partial charge in [-0.05, 0) is 12.1 Å². The molecule has 0 radical (unpaired) electrons. The van der Waals surface area contributed by atoms with Gasteiger partial charge in [-0.1, -0.05) is 18.1 Å². The Labute approximate surface area is 119 Å². The summed E-state index contributed by atoms with van der Waals surface area (Å²) >= 11 is 0. The summed E-state index contributed by atoms with van der Waals surface area (Å²) in [5, 5.41) is 34.7. The molecule has 0 saturated heterocycles. The van der Waals surface area contributed by atoms with Crippen molar-refractivity contribution in [3.63, 3.8) is 0 Å². The second-order valence-corrected chi connectivity index (χ2v) is 4.35. The van der Waals surface area contributed by atoms with Gasteiger partial charge in [0.15, 0.2) is 5.75 Å². The molecule has 1 N–H and O–H groups in total. The summed E-state index contributed by atoms with van der Waals surface area (Å²) in [5.41, 5.74) is 0.123. The van der Waals surface area contributed by atoms with Gasteiger partial charge in [0.05, 0.1) is 0 Å². The molecule has 0 aliphatic heterocycles. The maximum absolute atomic E-state index is 12.5. The molecular formula is C15H10N2O4. The first kappa shape index (κ1) is 12.8. The Kier molecular flexibility index (Phi) is 2.88. The fourth-order valence-electron chi connectivity index (χ4n) is 2.25. The maximum Gasteiger partial charge on any atom is 0.332 e. The van der Waals surface area contributed by atoms with Crippen LogP contribution < -0.4 is 14.2 Å². The lowest BCUT2D eigenvalue weighted by Gasteiger charge is -2.10. The Morgan fingerprint density at radius 3 is 2.38 bits per heavy atom. The molecule has 3 rings (SSSR count). The first-order valence-corrected chi connectivity index (χ1v) is 6.11. The molecule has 0 aliphatic carbocycles. The first-order chi connectivity index (χ1) is 10.1. The molecule has 0 spiro atoms. The van der Waals surface area contributed by atoms with Crippen LogP contribution in [0.25, 0.3) is 22.1 Å². The standard InChI is InChI=1S/C15H10N2O4/c1-2-9-21-13-8-4-6-11-15(13)17(20)10-5-3-7-12(18)14(10)16(11)19/h1,3-8,18H,9H2. The number of hydrogen-bond donors (Lipinski definition) is 1. The molecule has 0 unspecified atom stereocenters. The van der Waals surface area contributed by atoms with E-state index in [0.717, 1.165) is 0 Å². The number of aromatic hydroxyl groups is 1. The second-order valence-electron chi connectivity index (χ2n) is 4.35. The molecule has 0 amide bonds. The van der Waals surface area contributed by atoms with E-state index >= 15 is 0 Å². The molecular weight excluding hydrogens is 272 g/mol. The number of phenolic OH excluding ortho intramolecular Hbond substituents is 1. The Bertz CT molecular complexity index is 900. The van der Waals surface area contributed by atoms with E-state index in [9.17, 15) is 15.5 Å². The third-order valence-electron chi connectivity index (χ3n) is 3.13. The third-order valence-corrected chi connectivity index (χ3v) is 3.13. The molecule has 6 nitrogen and oxygen atoms in total. The van der Waals surface area contributed by atoms with E-state index < -0.39 is 0 Å². The second kappa shape index (κ2) is 4.72. The quantitative estimate of drug-likeness (QED) is 0.329. The lowest BCUT2D eigenvalue weighted by molar-refractivity contribution is -0.591. The molecule has 0 saturated carbocycles. The highest BCUT2D eigenvalue weighted by Gasteiger charge is 2.26. The topological polar surface area (TPSA) is 83.3 Å². The molecule has 3 aromatic rings. The van der Waals surface area contributed by atoms with Crippen LogP contribution >= 0.6 is 0 Å². The number of rotatable bonds is 2. The molecule has 104 valence electrons. The van der Waals surface area contributed by atoms with Crippen LogP contribution in [-0.2, 0) is 0 Å². The summed E-state index contributed by atoms with van der Waals surface area (Å²) in [5.74, 6) is 2.26. The lowest BCUT2D eigenvalue weighted by Crippen LogP contribution is -2.39. The van der Waals surface area contributed by atoms with E-state index in [4.69, 9.17) is 11.2 Å². The predicted molar refractivity (Wildman–Crippen MR) is 75.4 cm³/mol. The minimum atomic E-state index is -0.260. The fourth-order valence-corrected chi connectivity index (χ4v) is 2.25. The zero-order chi connectivity index (χ0) is 15.0. The van der Waals surface area contributed by atoms with Gasteiger partial charge in [-0.2, -0.15) is 9.46 Å². The molecule has 2 aromatic carbocycles. The van der Waals surface area contributed by atoms with Crippen molar-refractivity contribution in [3.05, 3.63) is 46.8 Å². The van der Waals surface area contributed by atoms with Gasteiger partial charge in [-0.3, -0.25) is 0 Å². The Hall–Kier alpha value is -3.20. The molecule has 6 heteroatoms. The van der Waals surface area contributed by atoms with Crippen LogP contribution in [0.1, 0.15) is 0 Å². The van der Waals surface area contributed by atoms with Gasteiger partial charge in [-0.25, -0.2) is 0 Å².